The molecule has 2 fully saturated rings. The molecule has 1 atom stereocenters. The fourth-order valence-corrected chi connectivity index (χ4v) is 5.23. The number of aromatic nitrogens is 3. The predicted octanol–water partition coefficient (Wildman–Crippen LogP) is 4.39. The number of thioether (sulfide) groups is 1. The highest BCUT2D eigenvalue weighted by Gasteiger charge is 2.35. The van der Waals surface area contributed by atoms with Crippen molar-refractivity contribution >= 4 is 35.0 Å². The quantitative estimate of drug-likeness (QED) is 0.606. The average Bonchev–Trinajstić information content (AvgIpc) is 3.55. The molecule has 1 aliphatic carbocycles. The third-order valence-electron chi connectivity index (χ3n) is 5.73. The number of amides is 2. The van der Waals surface area contributed by atoms with Gasteiger partial charge in [0, 0.05) is 30.8 Å². The number of para-hydroxylation sites is 1. The monoisotopic (exact) mass is 447 g/mol. The van der Waals surface area contributed by atoms with E-state index in [1.807, 2.05) is 59.5 Å². The lowest BCUT2D eigenvalue weighted by molar-refractivity contribution is -0.119. The topological polar surface area (TPSA) is 80.1 Å². The van der Waals surface area contributed by atoms with E-state index in [-0.39, 0.29) is 17.1 Å². The summed E-state index contributed by atoms with van der Waals surface area (Å²) in [7, 11) is 0. The molecule has 2 aromatic carbocycles. The minimum Gasteiger partial charge on any atom is -0.326 e. The summed E-state index contributed by atoms with van der Waals surface area (Å²) in [5, 5.41) is 12.3. The van der Waals surface area contributed by atoms with Crippen molar-refractivity contribution in [2.24, 2.45) is 0 Å². The van der Waals surface area contributed by atoms with Crippen LogP contribution in [0.15, 0.2) is 59.8 Å². The molecule has 2 aliphatic rings. The van der Waals surface area contributed by atoms with Gasteiger partial charge in [-0.2, -0.15) is 0 Å². The van der Waals surface area contributed by atoms with Crippen molar-refractivity contribution in [3.63, 3.8) is 0 Å². The van der Waals surface area contributed by atoms with Gasteiger partial charge in [0.05, 0.1) is 10.9 Å². The summed E-state index contributed by atoms with van der Waals surface area (Å²) < 4.78 is 2.06. The summed E-state index contributed by atoms with van der Waals surface area (Å²) >= 11 is 1.49. The third kappa shape index (κ3) is 4.27. The molecule has 8 heteroatoms. The Labute approximate surface area is 191 Å². The molecule has 2 heterocycles. The van der Waals surface area contributed by atoms with Crippen LogP contribution in [0.5, 0.6) is 0 Å². The number of carbonyl (C=O) groups excluding carboxylic acids is 2. The van der Waals surface area contributed by atoms with Gasteiger partial charge in [0.15, 0.2) is 5.16 Å². The molecule has 1 aromatic heterocycles. The maximum absolute atomic E-state index is 13.3. The molecule has 1 N–H and O–H groups in total. The predicted molar refractivity (Wildman–Crippen MR) is 125 cm³/mol. The number of rotatable bonds is 6. The molecule has 0 radical (unpaired) electrons. The first-order chi connectivity index (χ1) is 15.6. The number of benzene rings is 2. The van der Waals surface area contributed by atoms with Gasteiger partial charge in [-0.3, -0.25) is 14.2 Å². The van der Waals surface area contributed by atoms with Crippen LogP contribution in [-0.4, -0.2) is 38.4 Å². The molecule has 164 valence electrons. The van der Waals surface area contributed by atoms with Gasteiger partial charge in [-0.1, -0.05) is 36.0 Å². The fraction of sp³-hybridized carbons (Fsp3) is 0.333. The van der Waals surface area contributed by atoms with E-state index in [9.17, 15) is 9.59 Å². The van der Waals surface area contributed by atoms with Gasteiger partial charge in [-0.15, -0.1) is 10.2 Å². The van der Waals surface area contributed by atoms with Crippen molar-refractivity contribution in [3.8, 4) is 5.69 Å². The molecular formula is C24H25N5O2S. The largest absolute Gasteiger partial charge is 0.326 e. The van der Waals surface area contributed by atoms with Gasteiger partial charge in [0.1, 0.15) is 5.82 Å². The summed E-state index contributed by atoms with van der Waals surface area (Å²) in [6, 6.07) is 17.5. The van der Waals surface area contributed by atoms with E-state index < -0.39 is 0 Å². The zero-order valence-corrected chi connectivity index (χ0v) is 18.7. The van der Waals surface area contributed by atoms with Gasteiger partial charge in [-0.25, -0.2) is 0 Å². The Morgan fingerprint density at radius 3 is 2.56 bits per heavy atom. The second kappa shape index (κ2) is 8.78. The molecule has 3 aromatic rings. The fourth-order valence-electron chi connectivity index (χ4n) is 4.08. The Morgan fingerprint density at radius 1 is 1.03 bits per heavy atom. The van der Waals surface area contributed by atoms with Gasteiger partial charge in [0.25, 0.3) is 0 Å². The van der Waals surface area contributed by atoms with Crippen LogP contribution in [-0.2, 0) is 9.59 Å². The van der Waals surface area contributed by atoms with Crippen LogP contribution in [0.4, 0.5) is 11.4 Å². The SMILES string of the molecule is CC(=O)Nc1cccc(-n2c(SC3CCCN(c4ccccc4)C3=O)nnc2C2CC2)c1. The van der Waals surface area contributed by atoms with Crippen molar-refractivity contribution in [1.82, 2.24) is 14.8 Å². The van der Waals surface area contributed by atoms with Crippen molar-refractivity contribution in [2.45, 2.75) is 48.9 Å². The molecule has 7 nitrogen and oxygen atoms in total. The van der Waals surface area contributed by atoms with Crippen LogP contribution in [0.1, 0.15) is 44.3 Å². The summed E-state index contributed by atoms with van der Waals surface area (Å²) in [5.74, 6) is 1.32. The minimum absolute atomic E-state index is 0.113. The van der Waals surface area contributed by atoms with E-state index in [0.29, 0.717) is 5.92 Å². The lowest BCUT2D eigenvalue weighted by Gasteiger charge is -2.31. The Balaban J connectivity index is 1.45. The highest BCUT2D eigenvalue weighted by Crippen LogP contribution is 2.42. The van der Waals surface area contributed by atoms with E-state index in [1.165, 1.54) is 18.7 Å². The average molecular weight is 448 g/mol. The van der Waals surface area contributed by atoms with Crippen molar-refractivity contribution in [2.75, 3.05) is 16.8 Å². The van der Waals surface area contributed by atoms with Crippen LogP contribution in [0.2, 0.25) is 0 Å². The van der Waals surface area contributed by atoms with Gasteiger partial charge >= 0.3 is 0 Å². The molecular weight excluding hydrogens is 422 g/mol. The second-order valence-corrected chi connectivity index (χ2v) is 9.43. The molecule has 5 rings (SSSR count). The number of hydrogen-bond acceptors (Lipinski definition) is 5. The molecule has 1 saturated carbocycles. The first-order valence-electron chi connectivity index (χ1n) is 11.0. The zero-order valence-electron chi connectivity index (χ0n) is 17.9. The lowest BCUT2D eigenvalue weighted by atomic mass is 10.1. The zero-order chi connectivity index (χ0) is 22.1. The summed E-state index contributed by atoms with van der Waals surface area (Å²) in [6.07, 6.45) is 3.95. The Bertz CT molecular complexity index is 1140. The van der Waals surface area contributed by atoms with Gasteiger partial charge < -0.3 is 10.2 Å². The number of anilines is 2. The molecule has 2 amide bonds. The van der Waals surface area contributed by atoms with E-state index in [2.05, 4.69) is 20.1 Å². The lowest BCUT2D eigenvalue weighted by Crippen LogP contribution is -2.43. The van der Waals surface area contributed by atoms with E-state index >= 15 is 0 Å². The summed E-state index contributed by atoms with van der Waals surface area (Å²) in [6.45, 7) is 2.23. The van der Waals surface area contributed by atoms with Crippen LogP contribution < -0.4 is 10.2 Å². The highest BCUT2D eigenvalue weighted by molar-refractivity contribution is 8.00. The summed E-state index contributed by atoms with van der Waals surface area (Å²) in [5.41, 5.74) is 2.56. The maximum Gasteiger partial charge on any atom is 0.240 e. The highest BCUT2D eigenvalue weighted by atomic mass is 32.2. The normalized spacial score (nSPS) is 18.6. The van der Waals surface area contributed by atoms with Crippen molar-refractivity contribution in [3.05, 3.63) is 60.4 Å². The molecule has 32 heavy (non-hydrogen) atoms. The molecule has 0 bridgehead atoms. The number of nitrogens with zero attached hydrogens (tertiary/aromatic N) is 4. The first-order valence-corrected chi connectivity index (χ1v) is 11.8. The molecule has 0 spiro atoms. The second-order valence-electron chi connectivity index (χ2n) is 8.26. The Morgan fingerprint density at radius 2 is 1.81 bits per heavy atom. The molecule has 1 saturated heterocycles. The molecule has 1 unspecified atom stereocenters. The van der Waals surface area contributed by atoms with Crippen molar-refractivity contribution < 1.29 is 9.59 Å². The van der Waals surface area contributed by atoms with Gasteiger partial charge in [0.2, 0.25) is 11.8 Å². The molecule has 1 aliphatic heterocycles. The summed E-state index contributed by atoms with van der Waals surface area (Å²) in [4.78, 5) is 26.7. The smallest absolute Gasteiger partial charge is 0.240 e. The van der Waals surface area contributed by atoms with Crippen molar-refractivity contribution in [1.29, 1.82) is 0 Å². The van der Waals surface area contributed by atoms with E-state index in [0.717, 1.165) is 60.3 Å². The first kappa shape index (κ1) is 20.8. The number of piperidine rings is 1. The van der Waals surface area contributed by atoms with E-state index in [4.69, 9.17) is 0 Å². The number of nitrogens with one attached hydrogen (secondary N) is 1. The Kier molecular flexibility index (Phi) is 5.70. The van der Waals surface area contributed by atoms with Crippen LogP contribution >= 0.6 is 11.8 Å². The minimum atomic E-state index is -0.211. The van der Waals surface area contributed by atoms with Gasteiger partial charge in [-0.05, 0) is 56.0 Å². The maximum atomic E-state index is 13.3. The third-order valence-corrected chi connectivity index (χ3v) is 6.93. The van der Waals surface area contributed by atoms with Crippen LogP contribution in [0, 0.1) is 0 Å². The Hall–Kier alpha value is -3.13. The van der Waals surface area contributed by atoms with Crippen LogP contribution in [0.3, 0.4) is 0 Å². The number of carbonyl (C=O) groups is 2. The van der Waals surface area contributed by atoms with Crippen LogP contribution in [0.25, 0.3) is 5.69 Å². The van der Waals surface area contributed by atoms with E-state index in [1.54, 1.807) is 0 Å². The number of hydrogen-bond donors (Lipinski definition) is 1. The standard InChI is InChI=1S/C24H25N5O2S/c1-16(30)25-18-7-5-10-20(15-18)29-22(17-12-13-17)26-27-24(29)32-21-11-6-14-28(23(21)31)19-8-3-2-4-9-19/h2-5,7-10,15,17,21H,6,11-14H2,1H3,(H,25,30).